The molecule has 0 aromatic heterocycles. The van der Waals surface area contributed by atoms with Gasteiger partial charge in [-0.3, -0.25) is 0 Å². The maximum atomic E-state index is 14.1. The average molecular weight is 1310 g/mol. The number of hydrogen-bond donors (Lipinski definition) is 12. The molecule has 0 spiro atoms. The molecule has 0 aliphatic carbocycles. The lowest BCUT2D eigenvalue weighted by molar-refractivity contribution is -0.138. The highest BCUT2D eigenvalue weighted by atomic mass is 31.2. The Morgan fingerprint density at radius 1 is 0.264 bits per heavy atom. The number of aryl methyl sites for hydroxylation is 2. The van der Waals surface area contributed by atoms with Gasteiger partial charge in [0.15, 0.2) is 0 Å². The molecule has 0 heterocycles. The molecule has 0 fully saturated rings. The largest absolute Gasteiger partial charge is 0.395 e. The van der Waals surface area contributed by atoms with E-state index in [2.05, 4.69) is 261 Å². The van der Waals surface area contributed by atoms with Gasteiger partial charge < -0.3 is 60.4 Å². The van der Waals surface area contributed by atoms with Crippen molar-refractivity contribution in [3.05, 3.63) is 138 Å². The van der Waals surface area contributed by atoms with Gasteiger partial charge >= 0.3 is 17.2 Å². The lowest BCUT2D eigenvalue weighted by Gasteiger charge is -2.52. The Hall–Kier alpha value is -2.78. The molecule has 0 atom stereocenters. The van der Waals surface area contributed by atoms with Crippen molar-refractivity contribution in [1.82, 2.24) is 0 Å². The summed E-state index contributed by atoms with van der Waals surface area (Å²) >= 11 is 0. The van der Waals surface area contributed by atoms with Crippen LogP contribution in [0.5, 0.6) is 0 Å². The van der Waals surface area contributed by atoms with Crippen LogP contribution in [0, 0.1) is 24.7 Å². The van der Waals surface area contributed by atoms with Crippen molar-refractivity contribution in [3.8, 4) is 0 Å². The number of aliphatic hydroxyl groups excluding tert-OH is 6. The zero-order chi connectivity index (χ0) is 72.0. The second-order valence-electron chi connectivity index (χ2n) is 36.3. The molecule has 0 radical (unpaired) electrons. The fourth-order valence-corrected chi connectivity index (χ4v) is 12.8. The molecule has 0 unspecified atom stereocenters. The first-order valence-electron chi connectivity index (χ1n) is 32.2. The molecule has 0 amide bonds. The number of benzene rings is 4. The van der Waals surface area contributed by atoms with Gasteiger partial charge in [0, 0.05) is 0 Å². The molecule has 0 aliphatic rings. The summed E-state index contributed by atoms with van der Waals surface area (Å²) in [5.41, 5.74) is 4.41. The molecule has 0 saturated carbocycles. The summed E-state index contributed by atoms with van der Waals surface area (Å²) in [5.74, 6) is 0. The van der Waals surface area contributed by atoms with Crippen LogP contribution in [0.25, 0.3) is 0 Å². The van der Waals surface area contributed by atoms with Crippen LogP contribution < -0.4 is 0 Å². The van der Waals surface area contributed by atoms with Gasteiger partial charge in [0.25, 0.3) is 0 Å². The lowest BCUT2D eigenvalue weighted by Crippen LogP contribution is -2.57. The Morgan fingerprint density at radius 3 is 0.549 bits per heavy atom. The summed E-state index contributed by atoms with van der Waals surface area (Å²) in [4.78, 5) is 31.3. The molecule has 4 rings (SSSR count). The highest BCUT2D eigenvalue weighted by Crippen LogP contribution is 2.58. The molecule has 13 nitrogen and oxygen atoms in total. The van der Waals surface area contributed by atoms with Gasteiger partial charge in [0.05, 0.1) is 50.5 Å². The number of rotatable bonds is 14. The molecular formula is C76H128O13P2. The number of hydrogen-bond acceptors (Lipinski definition) is 13. The van der Waals surface area contributed by atoms with Crippen LogP contribution in [0.1, 0.15) is 297 Å². The van der Waals surface area contributed by atoms with E-state index in [0.29, 0.717) is 22.3 Å². The fraction of sp³-hybridized carbons (Fsp3) is 0.684. The summed E-state index contributed by atoms with van der Waals surface area (Å²) in [6.45, 7) is 65.2. The van der Waals surface area contributed by atoms with Crippen LogP contribution in [0.15, 0.2) is 48.5 Å². The van der Waals surface area contributed by atoms with Crippen molar-refractivity contribution in [3.63, 3.8) is 0 Å². The summed E-state index contributed by atoms with van der Waals surface area (Å²) in [7, 11) is -5.22. The normalized spacial score (nSPS) is 14.2. The summed E-state index contributed by atoms with van der Waals surface area (Å²) in [6, 6.07) is 17.4. The van der Waals surface area contributed by atoms with E-state index in [-0.39, 0.29) is 32.5 Å². The van der Waals surface area contributed by atoms with Gasteiger partial charge in [-0.25, -0.2) is 4.31 Å². The average Bonchev–Trinajstić information content (AvgIpc) is 0.715. The van der Waals surface area contributed by atoms with E-state index in [1.807, 2.05) is 13.8 Å². The predicted molar refractivity (Wildman–Crippen MR) is 379 cm³/mol. The molecule has 12 N–H and O–H groups in total. The Kier molecular flexibility index (Phi) is 26.6. The third kappa shape index (κ3) is 18.5. The van der Waals surface area contributed by atoms with E-state index in [9.17, 15) is 40.9 Å². The Balaban J connectivity index is 0.000000564. The summed E-state index contributed by atoms with van der Waals surface area (Å²) < 4.78 is 3.60. The predicted octanol–water partition coefficient (Wildman–Crippen LogP) is 14.8. The molecule has 4 aromatic carbocycles. The van der Waals surface area contributed by atoms with E-state index >= 15 is 0 Å². The molecule has 0 bridgehead atoms. The quantitative estimate of drug-likeness (QED) is 0.0526. The maximum absolute atomic E-state index is 14.1. The molecule has 520 valence electrons. The van der Waals surface area contributed by atoms with E-state index in [1.54, 1.807) is 0 Å². The zero-order valence-electron chi connectivity index (χ0n) is 62.5. The first kappa shape index (κ1) is 84.3. The van der Waals surface area contributed by atoms with Crippen molar-refractivity contribution in [2.75, 3.05) is 39.6 Å². The Bertz CT molecular complexity index is 2810. The molecule has 15 heteroatoms. The third-order valence-electron chi connectivity index (χ3n) is 18.2. The smallest absolute Gasteiger partial charge is 0.334 e. The maximum Gasteiger partial charge on any atom is 0.334 e. The molecular weight excluding hydrogens is 1180 g/mol. The first-order valence-corrected chi connectivity index (χ1v) is 34.6. The lowest BCUT2D eigenvalue weighted by atomic mass is 9.55. The zero-order valence-corrected chi connectivity index (χ0v) is 64.3. The minimum absolute atomic E-state index is 0.121. The van der Waals surface area contributed by atoms with Crippen LogP contribution in [0.3, 0.4) is 0 Å². The SMILES string of the molecule is CC(C)(C)c1cc(C(C)(C)C)c(C(O)(c2c(C(C)(C)C)cc(C(C)(C)C)cc2C(C)(C)C)C(CO)(CO)CO)c(C(C)(C)C)c1.Cc1cc(C(C)(C)C)cc(C(C)(C)C)c1C(O)(c1c(C)cc(C(C)(C)C)cc1C(C)(C)C)C(CO)(CO)CO.OP(O)OP(O)O. The second kappa shape index (κ2) is 28.7. The number of aliphatic hydroxyl groups is 8. The van der Waals surface area contributed by atoms with Crippen LogP contribution in [0.4, 0.5) is 0 Å². The van der Waals surface area contributed by atoms with Crippen molar-refractivity contribution in [1.29, 1.82) is 0 Å². The summed E-state index contributed by atoms with van der Waals surface area (Å²) in [5, 5.41) is 94.1. The first-order chi connectivity index (χ1) is 40.4. The monoisotopic (exact) mass is 1310 g/mol. The van der Waals surface area contributed by atoms with Crippen molar-refractivity contribution in [2.24, 2.45) is 10.8 Å². The van der Waals surface area contributed by atoms with E-state index < -0.39 is 101 Å². The van der Waals surface area contributed by atoms with Crippen LogP contribution in [-0.4, -0.2) is 100 Å². The minimum atomic E-state index is -2.61. The molecule has 0 saturated heterocycles. The van der Waals surface area contributed by atoms with Crippen molar-refractivity contribution < 1.29 is 64.7 Å². The highest BCUT2D eigenvalue weighted by Gasteiger charge is 2.59. The Morgan fingerprint density at radius 2 is 0.418 bits per heavy atom. The topological polar surface area (TPSA) is 252 Å². The third-order valence-corrected chi connectivity index (χ3v) is 19.4. The molecule has 91 heavy (non-hydrogen) atoms. The minimum Gasteiger partial charge on any atom is -0.395 e. The summed E-state index contributed by atoms with van der Waals surface area (Å²) in [6.07, 6.45) is 0. The van der Waals surface area contributed by atoms with Gasteiger partial charge in [-0.15, -0.1) is 0 Å². The van der Waals surface area contributed by atoms with Crippen molar-refractivity contribution >= 4 is 17.2 Å². The molecule has 4 aromatic rings. The highest BCUT2D eigenvalue weighted by molar-refractivity contribution is 7.53. The van der Waals surface area contributed by atoms with Gasteiger partial charge in [-0.05, 0) is 157 Å². The van der Waals surface area contributed by atoms with Gasteiger partial charge in [0.2, 0.25) is 0 Å². The fourth-order valence-electron chi connectivity index (χ4n) is 12.2. The van der Waals surface area contributed by atoms with Crippen LogP contribution in [0.2, 0.25) is 0 Å². The Labute approximate surface area is 554 Å². The van der Waals surface area contributed by atoms with E-state index in [1.165, 1.54) is 0 Å². The van der Waals surface area contributed by atoms with Gasteiger partial charge in [-0.1, -0.05) is 256 Å². The van der Waals surface area contributed by atoms with E-state index in [4.69, 9.17) is 19.6 Å². The second-order valence-corrected chi connectivity index (χ2v) is 38.0. The van der Waals surface area contributed by atoms with Crippen molar-refractivity contribution in [2.45, 2.75) is 287 Å². The van der Waals surface area contributed by atoms with E-state index in [0.717, 1.165) is 66.8 Å². The molecule has 0 aliphatic heterocycles. The standard InChI is InChI=1S/C41H68O4.C35H56O4.H4O5P2/c1-34(2,3)26-19-28(36(7,8)9)32(29(20-26)37(10,11)12)41(45,40(23-42,24-43)25-44)33-30(38(13,14)15)21-27(35(4,5)6)22-31(33)39(16,17)18;1-22-15-24(30(3,4)5)17-26(32(9,10)11)28(22)35(39,34(19-36,20-37)21-38)29-23(2)16-25(31(6,7)8)18-27(29)33(12,13)14;1-6(2)5-7(3)4/h19-22,42-45H,23-25H2,1-18H3;15-18,36-39H,19-21H2,1-14H3;1-4H. The van der Waals surface area contributed by atoms with Crippen LogP contribution in [-0.2, 0) is 69.7 Å². The van der Waals surface area contributed by atoms with Crippen LogP contribution >= 0.6 is 17.2 Å². The van der Waals surface area contributed by atoms with Gasteiger partial charge in [0.1, 0.15) is 11.2 Å². The van der Waals surface area contributed by atoms with Gasteiger partial charge in [-0.2, -0.15) is 0 Å².